The zero-order valence-electron chi connectivity index (χ0n) is 13.1. The predicted molar refractivity (Wildman–Crippen MR) is 85.1 cm³/mol. The minimum Gasteiger partial charge on any atom is -0.489 e. The van der Waals surface area contributed by atoms with Crippen molar-refractivity contribution >= 4 is 5.69 Å². The molecule has 0 unspecified atom stereocenters. The highest BCUT2D eigenvalue weighted by atomic mass is 16.5. The molecule has 4 heteroatoms. The van der Waals surface area contributed by atoms with Crippen LogP contribution in [0.5, 0.6) is 5.75 Å². The quantitative estimate of drug-likeness (QED) is 0.873. The first-order valence-electron chi connectivity index (χ1n) is 8.08. The van der Waals surface area contributed by atoms with Crippen LogP contribution in [-0.2, 0) is 11.3 Å². The van der Waals surface area contributed by atoms with Gasteiger partial charge in [0.2, 0.25) is 0 Å². The van der Waals surface area contributed by atoms with Crippen molar-refractivity contribution in [2.24, 2.45) is 0 Å². The second-order valence-electron chi connectivity index (χ2n) is 6.22. The lowest BCUT2D eigenvalue weighted by molar-refractivity contribution is 0.122. The first kappa shape index (κ1) is 14.7. The Kier molecular flexibility index (Phi) is 4.66. The maximum absolute atomic E-state index is 6.05. The molecule has 1 aliphatic heterocycles. The first-order chi connectivity index (χ1) is 10.2. The first-order valence-corrected chi connectivity index (χ1v) is 8.08. The summed E-state index contributed by atoms with van der Waals surface area (Å²) < 4.78 is 11.5. The van der Waals surface area contributed by atoms with Crippen molar-refractivity contribution in [3.63, 3.8) is 0 Å². The summed E-state index contributed by atoms with van der Waals surface area (Å²) in [6.45, 7) is 8.57. The van der Waals surface area contributed by atoms with Crippen molar-refractivity contribution in [1.29, 1.82) is 0 Å². The van der Waals surface area contributed by atoms with Crippen LogP contribution in [0.4, 0.5) is 5.69 Å². The molecule has 0 radical (unpaired) electrons. The van der Waals surface area contributed by atoms with Crippen LogP contribution in [0.1, 0.15) is 32.3 Å². The lowest BCUT2D eigenvalue weighted by Gasteiger charge is -2.31. The van der Waals surface area contributed by atoms with Crippen LogP contribution in [0.2, 0.25) is 0 Å². The fourth-order valence-corrected chi connectivity index (χ4v) is 2.63. The molecule has 0 amide bonds. The minimum absolute atomic E-state index is 0.191. The van der Waals surface area contributed by atoms with Crippen LogP contribution < -0.4 is 15.0 Å². The van der Waals surface area contributed by atoms with E-state index >= 15 is 0 Å². The standard InChI is InChI=1S/C17H26N2O2/c1-13(2)21-17-11-14(12-18-15-4-5-15)3-6-16(17)19-7-9-20-10-8-19/h3,6,11,13,15,18H,4-5,7-10,12H2,1-2H3. The molecule has 2 fully saturated rings. The molecule has 1 aromatic carbocycles. The third-order valence-electron chi connectivity index (χ3n) is 3.91. The summed E-state index contributed by atoms with van der Waals surface area (Å²) in [7, 11) is 0. The van der Waals surface area contributed by atoms with Gasteiger partial charge in [0.1, 0.15) is 5.75 Å². The molecule has 1 saturated carbocycles. The Bertz CT molecular complexity index is 466. The number of hydrogen-bond donors (Lipinski definition) is 1. The molecular formula is C17H26N2O2. The molecule has 4 nitrogen and oxygen atoms in total. The van der Waals surface area contributed by atoms with E-state index in [1.54, 1.807) is 0 Å². The van der Waals surface area contributed by atoms with Crippen LogP contribution in [0.15, 0.2) is 18.2 Å². The van der Waals surface area contributed by atoms with Gasteiger partial charge < -0.3 is 19.7 Å². The fraction of sp³-hybridized carbons (Fsp3) is 0.647. The SMILES string of the molecule is CC(C)Oc1cc(CNC2CC2)ccc1N1CCOCC1. The van der Waals surface area contributed by atoms with Gasteiger partial charge in [-0.25, -0.2) is 0 Å². The van der Waals surface area contributed by atoms with E-state index in [1.807, 2.05) is 0 Å². The number of morpholine rings is 1. The Balaban J connectivity index is 1.75. The number of nitrogens with zero attached hydrogens (tertiary/aromatic N) is 1. The Morgan fingerprint density at radius 2 is 2.05 bits per heavy atom. The van der Waals surface area contributed by atoms with Crippen LogP contribution in [-0.4, -0.2) is 38.4 Å². The Morgan fingerprint density at radius 3 is 2.71 bits per heavy atom. The number of benzene rings is 1. The average molecular weight is 290 g/mol. The maximum atomic E-state index is 6.05. The van der Waals surface area contributed by atoms with Crippen molar-refractivity contribution in [3.05, 3.63) is 23.8 Å². The Labute approximate surface area is 127 Å². The third-order valence-corrected chi connectivity index (χ3v) is 3.91. The zero-order chi connectivity index (χ0) is 14.7. The van der Waals surface area contributed by atoms with Crippen molar-refractivity contribution in [2.75, 3.05) is 31.2 Å². The highest BCUT2D eigenvalue weighted by molar-refractivity contribution is 5.60. The van der Waals surface area contributed by atoms with Gasteiger partial charge in [0.25, 0.3) is 0 Å². The molecule has 1 saturated heterocycles. The highest BCUT2D eigenvalue weighted by Gasteiger charge is 2.21. The molecule has 0 atom stereocenters. The minimum atomic E-state index is 0.191. The van der Waals surface area contributed by atoms with Gasteiger partial charge >= 0.3 is 0 Å². The number of nitrogens with one attached hydrogen (secondary N) is 1. The zero-order valence-corrected chi connectivity index (χ0v) is 13.1. The molecule has 0 spiro atoms. The highest BCUT2D eigenvalue weighted by Crippen LogP contribution is 2.31. The van der Waals surface area contributed by atoms with Crippen LogP contribution in [0, 0.1) is 0 Å². The van der Waals surface area contributed by atoms with Crippen molar-refractivity contribution in [3.8, 4) is 5.75 Å². The third kappa shape index (κ3) is 4.11. The lowest BCUT2D eigenvalue weighted by atomic mass is 10.1. The molecule has 116 valence electrons. The van der Waals surface area contributed by atoms with Gasteiger partial charge in [-0.2, -0.15) is 0 Å². The number of rotatable bonds is 6. The summed E-state index contributed by atoms with van der Waals surface area (Å²) in [6.07, 6.45) is 2.83. The molecule has 1 aliphatic carbocycles. The molecule has 21 heavy (non-hydrogen) atoms. The van der Waals surface area contributed by atoms with E-state index in [0.29, 0.717) is 0 Å². The largest absolute Gasteiger partial charge is 0.489 e. The van der Waals surface area contributed by atoms with Crippen LogP contribution >= 0.6 is 0 Å². The van der Waals surface area contributed by atoms with Gasteiger partial charge in [0, 0.05) is 25.7 Å². The van der Waals surface area contributed by atoms with Gasteiger partial charge in [0.05, 0.1) is 25.0 Å². The Hall–Kier alpha value is -1.26. The molecule has 3 rings (SSSR count). The molecule has 1 N–H and O–H groups in total. The molecule has 1 aromatic rings. The van der Waals surface area contributed by atoms with Gasteiger partial charge in [0.15, 0.2) is 0 Å². The summed E-state index contributed by atoms with van der Waals surface area (Å²) >= 11 is 0. The summed E-state index contributed by atoms with van der Waals surface area (Å²) in [5.41, 5.74) is 2.50. The Morgan fingerprint density at radius 1 is 1.29 bits per heavy atom. The topological polar surface area (TPSA) is 33.7 Å². The summed E-state index contributed by atoms with van der Waals surface area (Å²) in [4.78, 5) is 2.36. The normalized spacial score (nSPS) is 19.1. The van der Waals surface area contributed by atoms with Gasteiger partial charge in [-0.3, -0.25) is 0 Å². The van der Waals surface area contributed by atoms with Crippen molar-refractivity contribution in [1.82, 2.24) is 5.32 Å². The molecular weight excluding hydrogens is 264 g/mol. The van der Waals surface area contributed by atoms with E-state index in [2.05, 4.69) is 42.3 Å². The average Bonchev–Trinajstić information content (AvgIpc) is 3.30. The monoisotopic (exact) mass is 290 g/mol. The molecule has 0 bridgehead atoms. The van der Waals surface area contributed by atoms with E-state index in [-0.39, 0.29) is 6.10 Å². The number of anilines is 1. The van der Waals surface area contributed by atoms with E-state index in [0.717, 1.165) is 44.6 Å². The summed E-state index contributed by atoms with van der Waals surface area (Å²) in [5, 5.41) is 3.56. The second-order valence-corrected chi connectivity index (χ2v) is 6.22. The fourth-order valence-electron chi connectivity index (χ4n) is 2.63. The van der Waals surface area contributed by atoms with E-state index in [1.165, 1.54) is 24.1 Å². The van der Waals surface area contributed by atoms with E-state index < -0.39 is 0 Å². The molecule has 1 heterocycles. The second kappa shape index (κ2) is 6.67. The molecule has 0 aromatic heterocycles. The van der Waals surface area contributed by atoms with E-state index in [4.69, 9.17) is 9.47 Å². The smallest absolute Gasteiger partial charge is 0.143 e. The predicted octanol–water partition coefficient (Wildman–Crippen LogP) is 2.56. The van der Waals surface area contributed by atoms with Gasteiger partial charge in [-0.05, 0) is 44.4 Å². The van der Waals surface area contributed by atoms with Crippen molar-refractivity contribution in [2.45, 2.75) is 45.4 Å². The summed E-state index contributed by atoms with van der Waals surface area (Å²) in [6, 6.07) is 7.35. The van der Waals surface area contributed by atoms with Crippen molar-refractivity contribution < 1.29 is 9.47 Å². The van der Waals surface area contributed by atoms with E-state index in [9.17, 15) is 0 Å². The van der Waals surface area contributed by atoms with Gasteiger partial charge in [-0.15, -0.1) is 0 Å². The van der Waals surface area contributed by atoms with Gasteiger partial charge in [-0.1, -0.05) is 6.07 Å². The van der Waals surface area contributed by atoms with Crippen LogP contribution in [0.25, 0.3) is 0 Å². The maximum Gasteiger partial charge on any atom is 0.143 e. The number of ether oxygens (including phenoxy) is 2. The molecule has 2 aliphatic rings. The van der Waals surface area contributed by atoms with Crippen LogP contribution in [0.3, 0.4) is 0 Å². The summed E-state index contributed by atoms with van der Waals surface area (Å²) in [5.74, 6) is 1.00. The number of hydrogen-bond acceptors (Lipinski definition) is 4. The lowest BCUT2D eigenvalue weighted by Crippen LogP contribution is -2.36.